The van der Waals surface area contributed by atoms with Crippen LogP contribution in [0.5, 0.6) is 0 Å². The van der Waals surface area contributed by atoms with Crippen LogP contribution in [0.1, 0.15) is 0 Å². The zero-order valence-electron chi connectivity index (χ0n) is 2.29. The van der Waals surface area contributed by atoms with Crippen LogP contribution in [0.2, 0.25) is 0 Å². The standard InChI is InChI=1S/4H2O.Sb/h4*1H2;/q;;;;+3/p-3. The van der Waals surface area contributed by atoms with Crippen LogP contribution < -0.4 is 0 Å². The van der Waals surface area contributed by atoms with Crippen molar-refractivity contribution in [1.82, 2.24) is 0 Å². The van der Waals surface area contributed by atoms with Crippen molar-refractivity contribution in [2.24, 2.45) is 0 Å². The van der Waals surface area contributed by atoms with E-state index in [1.165, 1.54) is 0 Å². The minimum atomic E-state index is 0. The predicted octanol–water partition coefficient (Wildman–Crippen LogP) is -1.74. The van der Waals surface area contributed by atoms with E-state index in [0.29, 0.717) is 0 Å². The monoisotopic (exact) mass is 190 g/mol. The Balaban J connectivity index is 0. The van der Waals surface area contributed by atoms with Crippen LogP contribution in [0.4, 0.5) is 0 Å². The summed E-state index contributed by atoms with van der Waals surface area (Å²) in [5.41, 5.74) is 0. The van der Waals surface area contributed by atoms with E-state index in [4.69, 9.17) is 0 Å². The van der Waals surface area contributed by atoms with Crippen LogP contribution in [-0.2, 0) is 0 Å². The molecule has 0 aromatic heterocycles. The molecule has 0 aromatic carbocycles. The number of hydrogen-bond donors (Lipinski definition) is 0. The summed E-state index contributed by atoms with van der Waals surface area (Å²) < 4.78 is 0. The molecular weight excluding hydrogens is 186 g/mol. The molecule has 0 aliphatic rings. The SMILES string of the molecule is O.[OH-].[OH-].[OH-].[Sb+3]. The van der Waals surface area contributed by atoms with Crippen LogP contribution in [-0.4, -0.2) is 46.3 Å². The zero-order valence-corrected chi connectivity index (χ0v) is 4.84. The Bertz CT molecular complexity index is 3.61. The normalized spacial score (nSPS) is 0. The molecule has 0 atom stereocenters. The van der Waals surface area contributed by atoms with Gasteiger partial charge in [0.1, 0.15) is 0 Å². The van der Waals surface area contributed by atoms with Gasteiger partial charge in [0, 0.05) is 0 Å². The van der Waals surface area contributed by atoms with Crippen LogP contribution in [0.3, 0.4) is 0 Å². The molecule has 0 saturated carbocycles. The molecule has 0 heterocycles. The molecule has 5 heteroatoms. The van der Waals surface area contributed by atoms with Crippen molar-refractivity contribution >= 4 is 24.4 Å². The zero-order chi connectivity index (χ0) is 0. The van der Waals surface area contributed by atoms with E-state index in [9.17, 15) is 0 Å². The number of hydrogen-bond acceptors (Lipinski definition) is 3. The number of rotatable bonds is 0. The van der Waals surface area contributed by atoms with E-state index in [0.717, 1.165) is 0 Å². The second kappa shape index (κ2) is 144. The molecule has 0 aliphatic carbocycles. The Hall–Kier alpha value is 0.658. The fourth-order valence-corrected chi connectivity index (χ4v) is 0. The topological polar surface area (TPSA) is 122 Å². The van der Waals surface area contributed by atoms with Gasteiger partial charge in [-0.05, 0) is 0 Å². The van der Waals surface area contributed by atoms with Gasteiger partial charge in [-0.15, -0.1) is 0 Å². The van der Waals surface area contributed by atoms with Gasteiger partial charge in [-0.3, -0.25) is 0 Å². The van der Waals surface area contributed by atoms with Crippen LogP contribution in [0.15, 0.2) is 0 Å². The van der Waals surface area contributed by atoms with E-state index in [2.05, 4.69) is 0 Å². The second-order valence-corrected chi connectivity index (χ2v) is 0. The first-order valence-corrected chi connectivity index (χ1v) is 0. The molecular formula is H5O4Sb. The fraction of sp³-hybridized carbons (Fsp3) is 0. The summed E-state index contributed by atoms with van der Waals surface area (Å²) in [6.07, 6.45) is 0. The molecule has 34 valence electrons. The van der Waals surface area contributed by atoms with Gasteiger partial charge in [0.25, 0.3) is 0 Å². The molecule has 0 amide bonds. The molecule has 0 saturated heterocycles. The Kier molecular flexibility index (Phi) is 8160. The maximum atomic E-state index is 0. The van der Waals surface area contributed by atoms with E-state index >= 15 is 0 Å². The van der Waals surface area contributed by atoms with E-state index in [-0.39, 0.29) is 46.3 Å². The minimum Gasteiger partial charge on any atom is -0.870 e. The maximum Gasteiger partial charge on any atom is 3.00 e. The Morgan fingerprint density at radius 3 is 0.600 bits per heavy atom. The molecule has 4 nitrogen and oxygen atoms in total. The summed E-state index contributed by atoms with van der Waals surface area (Å²) in [6.45, 7) is 0. The van der Waals surface area contributed by atoms with Gasteiger partial charge in [0.15, 0.2) is 0 Å². The molecule has 5 heavy (non-hydrogen) atoms. The smallest absolute Gasteiger partial charge is 0.870 e. The van der Waals surface area contributed by atoms with Gasteiger partial charge in [-0.1, -0.05) is 0 Å². The van der Waals surface area contributed by atoms with E-state index < -0.39 is 0 Å². The summed E-state index contributed by atoms with van der Waals surface area (Å²) in [7, 11) is 0. The third-order valence-corrected chi connectivity index (χ3v) is 0. The van der Waals surface area contributed by atoms with Gasteiger partial charge < -0.3 is 21.9 Å². The van der Waals surface area contributed by atoms with Crippen LogP contribution in [0.25, 0.3) is 0 Å². The summed E-state index contributed by atoms with van der Waals surface area (Å²) >= 11 is 0. The quantitative estimate of drug-likeness (QED) is 0.422. The molecule has 0 rings (SSSR count). The van der Waals surface area contributed by atoms with Crippen molar-refractivity contribution in [3.8, 4) is 0 Å². The van der Waals surface area contributed by atoms with Crippen molar-refractivity contribution in [3.05, 3.63) is 0 Å². The molecule has 0 unspecified atom stereocenters. The molecule has 0 fully saturated rings. The average molecular weight is 191 g/mol. The molecule has 5 N–H and O–H groups in total. The largest absolute Gasteiger partial charge is 3.00 e. The van der Waals surface area contributed by atoms with Crippen LogP contribution >= 0.6 is 0 Å². The molecule has 0 aromatic rings. The Morgan fingerprint density at radius 1 is 0.600 bits per heavy atom. The third-order valence-electron chi connectivity index (χ3n) is 0. The van der Waals surface area contributed by atoms with Crippen molar-refractivity contribution < 1.29 is 21.9 Å². The van der Waals surface area contributed by atoms with E-state index in [1.807, 2.05) is 0 Å². The third kappa shape index (κ3) is 76.0. The molecule has 0 bridgehead atoms. The Morgan fingerprint density at radius 2 is 0.600 bits per heavy atom. The Labute approximate surface area is 46.9 Å². The van der Waals surface area contributed by atoms with Crippen molar-refractivity contribution in [1.29, 1.82) is 0 Å². The molecule has 0 spiro atoms. The van der Waals surface area contributed by atoms with Gasteiger partial charge >= 0.3 is 24.4 Å². The van der Waals surface area contributed by atoms with Gasteiger partial charge in [0.05, 0.1) is 0 Å². The molecule has 0 aliphatic heterocycles. The summed E-state index contributed by atoms with van der Waals surface area (Å²) in [6, 6.07) is 0. The van der Waals surface area contributed by atoms with Crippen molar-refractivity contribution in [2.45, 2.75) is 0 Å². The first-order valence-electron chi connectivity index (χ1n) is 0. The summed E-state index contributed by atoms with van der Waals surface area (Å²) in [5.74, 6) is 0. The average Bonchev–Trinajstić information content (AvgIpc) is 0. The van der Waals surface area contributed by atoms with Gasteiger partial charge in [-0.25, -0.2) is 0 Å². The van der Waals surface area contributed by atoms with Gasteiger partial charge in [-0.2, -0.15) is 0 Å². The minimum absolute atomic E-state index is 0. The van der Waals surface area contributed by atoms with Crippen molar-refractivity contribution in [2.75, 3.05) is 0 Å². The fourth-order valence-electron chi connectivity index (χ4n) is 0. The molecule has 2 radical (unpaired) electrons. The van der Waals surface area contributed by atoms with Gasteiger partial charge in [0.2, 0.25) is 0 Å². The second-order valence-electron chi connectivity index (χ2n) is 0. The first kappa shape index (κ1) is 283. The summed E-state index contributed by atoms with van der Waals surface area (Å²) in [5, 5.41) is 0. The first-order chi connectivity index (χ1) is 0. The van der Waals surface area contributed by atoms with E-state index in [1.54, 1.807) is 0 Å². The maximum absolute atomic E-state index is 0. The predicted molar refractivity (Wildman–Crippen MR) is 15.2 cm³/mol. The summed E-state index contributed by atoms with van der Waals surface area (Å²) in [4.78, 5) is 0. The van der Waals surface area contributed by atoms with Crippen LogP contribution in [0, 0.1) is 0 Å². The van der Waals surface area contributed by atoms with Crippen molar-refractivity contribution in [3.63, 3.8) is 0 Å².